The van der Waals surface area contributed by atoms with Gasteiger partial charge >= 0.3 is 0 Å². The number of hydrogen-bond donors (Lipinski definition) is 0. The molecule has 0 saturated heterocycles. The highest BCUT2D eigenvalue weighted by Gasteiger charge is 2.08. The second-order valence-electron chi connectivity index (χ2n) is 6.94. The molecule has 3 rings (SSSR count). The van der Waals surface area contributed by atoms with E-state index < -0.39 is 0 Å². The molecule has 0 radical (unpaired) electrons. The number of nitrogens with zero attached hydrogens (tertiary/aromatic N) is 2. The highest BCUT2D eigenvalue weighted by atomic mass is 35.5. The Labute approximate surface area is 169 Å². The van der Waals surface area contributed by atoms with Crippen LogP contribution in [0.5, 0.6) is 0 Å². The topological polar surface area (TPSA) is 7.76 Å². The van der Waals surface area contributed by atoms with Gasteiger partial charge in [-0.05, 0) is 39.8 Å². The van der Waals surface area contributed by atoms with E-state index in [1.54, 1.807) is 0 Å². The lowest BCUT2D eigenvalue weighted by molar-refractivity contribution is -0.689. The number of aryl methyl sites for hydroxylation is 4. The number of benzene rings is 1. The van der Waals surface area contributed by atoms with Crippen LogP contribution in [0.1, 0.15) is 33.4 Å². The summed E-state index contributed by atoms with van der Waals surface area (Å²) < 4.78 is 4.52. The number of halogens is 2. The second kappa shape index (κ2) is 9.70. The molecule has 0 aliphatic heterocycles. The van der Waals surface area contributed by atoms with E-state index in [0.717, 1.165) is 13.1 Å². The van der Waals surface area contributed by atoms with Crippen molar-refractivity contribution in [1.82, 2.24) is 0 Å². The predicted octanol–water partition coefficient (Wildman–Crippen LogP) is -2.40. The predicted molar refractivity (Wildman–Crippen MR) is 96.9 cm³/mol. The normalized spacial score (nSPS) is 10.0. The number of rotatable bonds is 4. The molecule has 0 amide bonds. The fourth-order valence-corrected chi connectivity index (χ4v) is 3.34. The number of aromatic nitrogens is 2. The number of pyridine rings is 2. The summed E-state index contributed by atoms with van der Waals surface area (Å²) >= 11 is 0. The third-order valence-corrected chi connectivity index (χ3v) is 4.14. The minimum absolute atomic E-state index is 0. The van der Waals surface area contributed by atoms with Crippen LogP contribution in [0.3, 0.4) is 0 Å². The fraction of sp³-hybridized carbons (Fsp3) is 0.273. The molecule has 1 aromatic carbocycles. The van der Waals surface area contributed by atoms with Gasteiger partial charge in [-0.1, -0.05) is 24.3 Å². The summed E-state index contributed by atoms with van der Waals surface area (Å²) in [5.41, 5.74) is 7.88. The summed E-state index contributed by atoms with van der Waals surface area (Å²) in [6.07, 6.45) is 8.80. The summed E-state index contributed by atoms with van der Waals surface area (Å²) in [4.78, 5) is 0. The zero-order valence-corrected chi connectivity index (χ0v) is 17.3. The lowest BCUT2D eigenvalue weighted by atomic mass is 10.1. The SMILES string of the molecule is Cc1cc(C)c[n+](Cc2ccc(C[n+]3cc(C)cc(C)c3)cc2)c1.[Cl-].[Cl-]. The molecule has 138 valence electrons. The van der Waals surface area contributed by atoms with Gasteiger partial charge in [-0.15, -0.1) is 0 Å². The molecule has 2 aromatic heterocycles. The first-order chi connectivity index (χ1) is 11.5. The lowest BCUT2D eigenvalue weighted by Crippen LogP contribution is -3.00. The Bertz CT molecular complexity index is 746. The van der Waals surface area contributed by atoms with Crippen LogP contribution in [0.4, 0.5) is 0 Å². The Hall–Kier alpha value is -1.90. The Morgan fingerprint density at radius 3 is 1.08 bits per heavy atom. The van der Waals surface area contributed by atoms with Crippen molar-refractivity contribution in [2.24, 2.45) is 0 Å². The van der Waals surface area contributed by atoms with Crippen molar-refractivity contribution >= 4 is 0 Å². The van der Waals surface area contributed by atoms with E-state index in [-0.39, 0.29) is 24.8 Å². The average molecular weight is 389 g/mol. The summed E-state index contributed by atoms with van der Waals surface area (Å²) in [5, 5.41) is 0. The van der Waals surface area contributed by atoms with Crippen molar-refractivity contribution < 1.29 is 33.9 Å². The van der Waals surface area contributed by atoms with Crippen molar-refractivity contribution in [2.75, 3.05) is 0 Å². The van der Waals surface area contributed by atoms with Gasteiger partial charge in [0.15, 0.2) is 37.9 Å². The first-order valence-corrected chi connectivity index (χ1v) is 8.50. The molecular weight excluding hydrogens is 363 g/mol. The van der Waals surface area contributed by atoms with Crippen LogP contribution >= 0.6 is 0 Å². The first-order valence-electron chi connectivity index (χ1n) is 8.50. The summed E-state index contributed by atoms with van der Waals surface area (Å²) in [5.74, 6) is 0. The van der Waals surface area contributed by atoms with Crippen LogP contribution in [0.15, 0.2) is 61.2 Å². The van der Waals surface area contributed by atoms with Gasteiger partial charge in [-0.3, -0.25) is 0 Å². The van der Waals surface area contributed by atoms with Crippen molar-refractivity contribution in [2.45, 2.75) is 40.8 Å². The highest BCUT2D eigenvalue weighted by Crippen LogP contribution is 2.06. The van der Waals surface area contributed by atoms with Crippen molar-refractivity contribution in [1.29, 1.82) is 0 Å². The molecule has 0 bridgehead atoms. The van der Waals surface area contributed by atoms with Gasteiger partial charge in [0, 0.05) is 33.4 Å². The van der Waals surface area contributed by atoms with E-state index in [0.29, 0.717) is 0 Å². The Morgan fingerprint density at radius 1 is 0.538 bits per heavy atom. The van der Waals surface area contributed by atoms with Crippen molar-refractivity contribution in [3.8, 4) is 0 Å². The quantitative estimate of drug-likeness (QED) is 0.440. The van der Waals surface area contributed by atoms with E-state index in [9.17, 15) is 0 Å². The second-order valence-corrected chi connectivity index (χ2v) is 6.94. The maximum atomic E-state index is 2.26. The van der Waals surface area contributed by atoms with E-state index in [4.69, 9.17) is 0 Å². The smallest absolute Gasteiger partial charge is 0.173 e. The lowest BCUT2D eigenvalue weighted by Gasteiger charge is -2.03. The van der Waals surface area contributed by atoms with Crippen LogP contribution in [-0.2, 0) is 13.1 Å². The Morgan fingerprint density at radius 2 is 0.808 bits per heavy atom. The van der Waals surface area contributed by atoms with Crippen LogP contribution in [-0.4, -0.2) is 0 Å². The third-order valence-electron chi connectivity index (χ3n) is 4.14. The first kappa shape index (κ1) is 22.1. The monoisotopic (exact) mass is 388 g/mol. The van der Waals surface area contributed by atoms with Crippen LogP contribution in [0, 0.1) is 27.7 Å². The molecule has 0 atom stereocenters. The van der Waals surface area contributed by atoms with Crippen molar-refractivity contribution in [3.63, 3.8) is 0 Å². The molecular formula is C22H26Cl2N2. The maximum Gasteiger partial charge on any atom is 0.173 e. The van der Waals surface area contributed by atoms with Gasteiger partial charge in [-0.2, -0.15) is 0 Å². The Balaban J connectivity index is 0.00000169. The Kier molecular flexibility index (Phi) is 8.26. The molecule has 4 heteroatoms. The standard InChI is InChI=1S/C22H26N2.2ClH/c1-17-9-18(2)12-23(11-17)15-21-5-7-22(8-6-21)16-24-13-19(3)10-20(4)14-24;;/h5-14H,15-16H2,1-4H3;2*1H/q+2;;/p-2. The van der Waals surface area contributed by atoms with E-state index in [2.05, 4.69) is 98.0 Å². The minimum atomic E-state index is 0. The molecule has 3 aromatic rings. The molecule has 2 nitrogen and oxygen atoms in total. The molecule has 0 unspecified atom stereocenters. The third kappa shape index (κ3) is 6.12. The van der Waals surface area contributed by atoms with E-state index in [1.165, 1.54) is 33.4 Å². The molecule has 26 heavy (non-hydrogen) atoms. The van der Waals surface area contributed by atoms with Crippen LogP contribution in [0.2, 0.25) is 0 Å². The van der Waals surface area contributed by atoms with E-state index >= 15 is 0 Å². The summed E-state index contributed by atoms with van der Waals surface area (Å²) in [7, 11) is 0. The summed E-state index contributed by atoms with van der Waals surface area (Å²) in [6.45, 7) is 10.4. The fourth-order valence-electron chi connectivity index (χ4n) is 3.34. The molecule has 0 fully saturated rings. The maximum absolute atomic E-state index is 2.26. The minimum Gasteiger partial charge on any atom is -1.00 e. The van der Waals surface area contributed by atoms with Gasteiger partial charge < -0.3 is 24.8 Å². The molecule has 0 N–H and O–H groups in total. The molecule has 0 saturated carbocycles. The van der Waals surface area contributed by atoms with Gasteiger partial charge in [0.05, 0.1) is 0 Å². The zero-order valence-electron chi connectivity index (χ0n) is 15.8. The molecule has 0 aliphatic rings. The largest absolute Gasteiger partial charge is 1.00 e. The number of hydrogen-bond acceptors (Lipinski definition) is 0. The van der Waals surface area contributed by atoms with Gasteiger partial charge in [0.25, 0.3) is 0 Å². The van der Waals surface area contributed by atoms with Crippen molar-refractivity contribution in [3.05, 3.63) is 94.6 Å². The van der Waals surface area contributed by atoms with E-state index in [1.807, 2.05) is 0 Å². The van der Waals surface area contributed by atoms with Gasteiger partial charge in [0.1, 0.15) is 0 Å². The van der Waals surface area contributed by atoms with Crippen LogP contribution in [0.25, 0.3) is 0 Å². The van der Waals surface area contributed by atoms with Gasteiger partial charge in [-0.25, -0.2) is 9.13 Å². The molecule has 0 aliphatic carbocycles. The molecule has 2 heterocycles. The zero-order chi connectivity index (χ0) is 17.1. The average Bonchev–Trinajstić information content (AvgIpc) is 2.47. The van der Waals surface area contributed by atoms with Crippen LogP contribution < -0.4 is 33.9 Å². The summed E-state index contributed by atoms with van der Waals surface area (Å²) in [6, 6.07) is 13.4. The van der Waals surface area contributed by atoms with Gasteiger partial charge in [0.2, 0.25) is 0 Å². The highest BCUT2D eigenvalue weighted by molar-refractivity contribution is 5.22. The molecule has 0 spiro atoms.